The highest BCUT2D eigenvalue weighted by molar-refractivity contribution is 5.77. The lowest BCUT2D eigenvalue weighted by molar-refractivity contribution is 0.395. The van der Waals surface area contributed by atoms with Gasteiger partial charge in [-0.3, -0.25) is 0 Å². The molecular formula is C13H17NO. The van der Waals surface area contributed by atoms with E-state index >= 15 is 0 Å². The van der Waals surface area contributed by atoms with Crippen LogP contribution in [0, 0.1) is 0 Å². The number of hydrogen-bond acceptors (Lipinski definition) is 2. The summed E-state index contributed by atoms with van der Waals surface area (Å²) in [5.74, 6) is 0.992. The van der Waals surface area contributed by atoms with E-state index in [1.54, 1.807) is 0 Å². The fraction of sp³-hybridized carbons (Fsp3) is 0.385. The molecule has 0 saturated heterocycles. The minimum Gasteiger partial charge on any atom is -0.460 e. The molecule has 1 aromatic heterocycles. The Labute approximate surface area is 90.3 Å². The molecule has 0 radical (unpaired) electrons. The predicted octanol–water partition coefficient (Wildman–Crippen LogP) is 3.32. The Morgan fingerprint density at radius 2 is 1.93 bits per heavy atom. The summed E-state index contributed by atoms with van der Waals surface area (Å²) in [5.41, 5.74) is 1.09. The van der Waals surface area contributed by atoms with Crippen LogP contribution in [0.2, 0.25) is 0 Å². The molecule has 0 aliphatic carbocycles. The first-order chi connectivity index (χ1) is 7.04. The van der Waals surface area contributed by atoms with Crippen LogP contribution in [-0.4, -0.2) is 5.54 Å². The van der Waals surface area contributed by atoms with E-state index in [9.17, 15) is 0 Å². The molecular weight excluding hydrogens is 186 g/mol. The lowest BCUT2D eigenvalue weighted by Gasteiger charge is -2.19. The zero-order valence-electron chi connectivity index (χ0n) is 9.50. The van der Waals surface area contributed by atoms with E-state index in [0.29, 0.717) is 0 Å². The highest BCUT2D eigenvalue weighted by Crippen LogP contribution is 2.18. The van der Waals surface area contributed by atoms with Crippen molar-refractivity contribution >= 4 is 11.0 Å². The van der Waals surface area contributed by atoms with E-state index < -0.39 is 0 Å². The molecule has 0 bridgehead atoms. The molecule has 0 amide bonds. The Morgan fingerprint density at radius 1 is 1.20 bits per heavy atom. The van der Waals surface area contributed by atoms with Gasteiger partial charge in [0.15, 0.2) is 0 Å². The van der Waals surface area contributed by atoms with Gasteiger partial charge in [0.25, 0.3) is 0 Å². The third-order valence-corrected chi connectivity index (χ3v) is 2.27. The van der Waals surface area contributed by atoms with Crippen molar-refractivity contribution in [2.45, 2.75) is 32.9 Å². The summed E-state index contributed by atoms with van der Waals surface area (Å²) in [6.45, 7) is 7.22. The Morgan fingerprint density at radius 3 is 2.60 bits per heavy atom. The van der Waals surface area contributed by atoms with Gasteiger partial charge in [0, 0.05) is 10.9 Å². The summed E-state index contributed by atoms with van der Waals surface area (Å²) in [6, 6.07) is 10.2. The number of para-hydroxylation sites is 1. The Balaban J connectivity index is 2.16. The monoisotopic (exact) mass is 203 g/mol. The molecule has 2 rings (SSSR count). The second-order valence-corrected chi connectivity index (χ2v) is 4.85. The molecule has 0 fully saturated rings. The van der Waals surface area contributed by atoms with E-state index in [2.05, 4.69) is 38.2 Å². The highest BCUT2D eigenvalue weighted by Gasteiger charge is 2.10. The van der Waals surface area contributed by atoms with Gasteiger partial charge in [-0.25, -0.2) is 0 Å². The number of benzene rings is 1. The first kappa shape index (κ1) is 10.2. The van der Waals surface area contributed by atoms with Gasteiger partial charge < -0.3 is 9.73 Å². The first-order valence-corrected chi connectivity index (χ1v) is 5.27. The zero-order valence-corrected chi connectivity index (χ0v) is 9.50. The lowest BCUT2D eigenvalue weighted by atomic mass is 10.1. The molecule has 0 saturated carbocycles. The maximum absolute atomic E-state index is 5.70. The molecule has 0 atom stereocenters. The maximum Gasteiger partial charge on any atom is 0.134 e. The summed E-state index contributed by atoms with van der Waals surface area (Å²) < 4.78 is 5.70. The maximum atomic E-state index is 5.70. The van der Waals surface area contributed by atoms with Gasteiger partial charge in [-0.05, 0) is 32.9 Å². The Kier molecular flexibility index (Phi) is 2.53. The number of furan rings is 1. The summed E-state index contributed by atoms with van der Waals surface area (Å²) >= 11 is 0. The zero-order chi connectivity index (χ0) is 10.9. The molecule has 2 aromatic rings. The average Bonchev–Trinajstić information content (AvgIpc) is 2.56. The third kappa shape index (κ3) is 2.60. The van der Waals surface area contributed by atoms with Crippen LogP contribution in [0.4, 0.5) is 0 Å². The van der Waals surface area contributed by atoms with Crippen LogP contribution < -0.4 is 5.32 Å². The SMILES string of the molecule is CC(C)(C)NCc1cc2ccccc2o1. The molecule has 15 heavy (non-hydrogen) atoms. The van der Waals surface area contributed by atoms with Gasteiger partial charge in [0.1, 0.15) is 11.3 Å². The van der Waals surface area contributed by atoms with Crippen LogP contribution >= 0.6 is 0 Å². The average molecular weight is 203 g/mol. The molecule has 0 aliphatic heterocycles. The van der Waals surface area contributed by atoms with Crippen molar-refractivity contribution in [2.75, 3.05) is 0 Å². The van der Waals surface area contributed by atoms with Crippen molar-refractivity contribution < 1.29 is 4.42 Å². The van der Waals surface area contributed by atoms with E-state index in [-0.39, 0.29) is 5.54 Å². The molecule has 0 spiro atoms. The molecule has 0 unspecified atom stereocenters. The third-order valence-electron chi connectivity index (χ3n) is 2.27. The number of rotatable bonds is 2. The Bertz CT molecular complexity index is 418. The quantitative estimate of drug-likeness (QED) is 0.810. The van der Waals surface area contributed by atoms with E-state index in [1.165, 1.54) is 5.39 Å². The predicted molar refractivity (Wildman–Crippen MR) is 62.8 cm³/mol. The van der Waals surface area contributed by atoms with Crippen molar-refractivity contribution in [1.82, 2.24) is 5.32 Å². The van der Waals surface area contributed by atoms with Crippen LogP contribution in [0.25, 0.3) is 11.0 Å². The summed E-state index contributed by atoms with van der Waals surface area (Å²) in [7, 11) is 0. The summed E-state index contributed by atoms with van der Waals surface area (Å²) in [6.07, 6.45) is 0. The molecule has 1 N–H and O–H groups in total. The first-order valence-electron chi connectivity index (χ1n) is 5.27. The standard InChI is InChI=1S/C13H17NO/c1-13(2,3)14-9-11-8-10-6-4-5-7-12(10)15-11/h4-8,14H,9H2,1-3H3. The van der Waals surface area contributed by atoms with Gasteiger partial charge in [0.05, 0.1) is 6.54 Å². The number of hydrogen-bond donors (Lipinski definition) is 1. The second-order valence-electron chi connectivity index (χ2n) is 4.85. The molecule has 0 aliphatic rings. The van der Waals surface area contributed by atoms with Crippen LogP contribution in [-0.2, 0) is 6.54 Å². The van der Waals surface area contributed by atoms with Crippen molar-refractivity contribution in [3.63, 3.8) is 0 Å². The van der Waals surface area contributed by atoms with Crippen molar-refractivity contribution in [3.8, 4) is 0 Å². The molecule has 2 nitrogen and oxygen atoms in total. The van der Waals surface area contributed by atoms with Gasteiger partial charge >= 0.3 is 0 Å². The molecule has 80 valence electrons. The van der Waals surface area contributed by atoms with Crippen LogP contribution in [0.1, 0.15) is 26.5 Å². The van der Waals surface area contributed by atoms with Crippen LogP contribution in [0.5, 0.6) is 0 Å². The highest BCUT2D eigenvalue weighted by atomic mass is 16.3. The Hall–Kier alpha value is -1.28. The van der Waals surface area contributed by atoms with Crippen LogP contribution in [0.15, 0.2) is 34.7 Å². The van der Waals surface area contributed by atoms with Crippen LogP contribution in [0.3, 0.4) is 0 Å². The van der Waals surface area contributed by atoms with E-state index in [0.717, 1.165) is 17.9 Å². The van der Waals surface area contributed by atoms with E-state index in [1.807, 2.05) is 18.2 Å². The molecule has 1 aromatic carbocycles. The van der Waals surface area contributed by atoms with Gasteiger partial charge in [-0.15, -0.1) is 0 Å². The van der Waals surface area contributed by atoms with E-state index in [4.69, 9.17) is 4.42 Å². The van der Waals surface area contributed by atoms with Gasteiger partial charge in [0.2, 0.25) is 0 Å². The van der Waals surface area contributed by atoms with Crippen molar-refractivity contribution in [1.29, 1.82) is 0 Å². The van der Waals surface area contributed by atoms with Gasteiger partial charge in [-0.1, -0.05) is 18.2 Å². The smallest absolute Gasteiger partial charge is 0.134 e. The second kappa shape index (κ2) is 3.70. The number of fused-ring (bicyclic) bond motifs is 1. The topological polar surface area (TPSA) is 25.2 Å². The minimum atomic E-state index is 0.124. The molecule has 1 heterocycles. The number of nitrogens with one attached hydrogen (secondary N) is 1. The summed E-state index contributed by atoms with van der Waals surface area (Å²) in [4.78, 5) is 0. The van der Waals surface area contributed by atoms with Crippen molar-refractivity contribution in [2.24, 2.45) is 0 Å². The lowest BCUT2D eigenvalue weighted by Crippen LogP contribution is -2.34. The summed E-state index contributed by atoms with van der Waals surface area (Å²) in [5, 5.41) is 4.57. The minimum absolute atomic E-state index is 0.124. The fourth-order valence-corrected chi connectivity index (χ4v) is 1.48. The normalized spacial score (nSPS) is 12.2. The van der Waals surface area contributed by atoms with Gasteiger partial charge in [-0.2, -0.15) is 0 Å². The fourth-order valence-electron chi connectivity index (χ4n) is 1.48. The molecule has 2 heteroatoms. The van der Waals surface area contributed by atoms with Crippen molar-refractivity contribution in [3.05, 3.63) is 36.1 Å². The largest absolute Gasteiger partial charge is 0.460 e.